The van der Waals surface area contributed by atoms with Gasteiger partial charge in [0, 0.05) is 25.3 Å². The van der Waals surface area contributed by atoms with Gasteiger partial charge in [0.2, 0.25) is 16.0 Å². The summed E-state index contributed by atoms with van der Waals surface area (Å²) in [5.74, 6) is 0.777. The summed E-state index contributed by atoms with van der Waals surface area (Å²) in [4.78, 5) is 10.6. The van der Waals surface area contributed by atoms with Gasteiger partial charge in [0.25, 0.3) is 0 Å². The molecule has 0 unspecified atom stereocenters. The Morgan fingerprint density at radius 1 is 1.52 bits per heavy atom. The van der Waals surface area contributed by atoms with Crippen LogP contribution < -0.4 is 9.62 Å². The van der Waals surface area contributed by atoms with E-state index in [1.165, 1.54) is 0 Å². The monoisotopic (exact) mass is 309 g/mol. The molecule has 0 aliphatic carbocycles. The molecule has 1 aromatic heterocycles. The second kappa shape index (κ2) is 6.37. The molecule has 8 heteroatoms. The number of sulfonamides is 1. The van der Waals surface area contributed by atoms with E-state index < -0.39 is 10.0 Å². The molecule has 7 nitrogen and oxygen atoms in total. The van der Waals surface area contributed by atoms with Gasteiger partial charge in [-0.2, -0.15) is 5.26 Å². The lowest BCUT2D eigenvalue weighted by Crippen LogP contribution is -2.41. The molecule has 1 fully saturated rings. The van der Waals surface area contributed by atoms with Crippen LogP contribution in [0.3, 0.4) is 0 Å². The zero-order valence-electron chi connectivity index (χ0n) is 12.2. The fourth-order valence-corrected chi connectivity index (χ4v) is 2.97. The first-order valence-electron chi connectivity index (χ1n) is 6.83. The van der Waals surface area contributed by atoms with Crippen molar-refractivity contribution in [3.63, 3.8) is 0 Å². The molecule has 0 saturated carbocycles. The van der Waals surface area contributed by atoms with Crippen molar-refractivity contribution in [1.29, 1.82) is 5.26 Å². The molecule has 114 valence electrons. The van der Waals surface area contributed by atoms with Crippen LogP contribution >= 0.6 is 0 Å². The summed E-state index contributed by atoms with van der Waals surface area (Å²) in [5.41, 5.74) is 1.11. The molecule has 1 N–H and O–H groups in total. The number of piperidine rings is 1. The Morgan fingerprint density at radius 2 is 2.29 bits per heavy atom. The van der Waals surface area contributed by atoms with Gasteiger partial charge >= 0.3 is 0 Å². The summed E-state index contributed by atoms with van der Waals surface area (Å²) >= 11 is 0. The van der Waals surface area contributed by atoms with Crippen LogP contribution in [0.5, 0.6) is 0 Å². The predicted molar refractivity (Wildman–Crippen MR) is 79.3 cm³/mol. The fraction of sp³-hybridized carbons (Fsp3) is 0.615. The van der Waals surface area contributed by atoms with Crippen molar-refractivity contribution in [2.75, 3.05) is 30.8 Å². The number of aryl methyl sites for hydroxylation is 1. The number of hydrogen-bond donors (Lipinski definition) is 1. The van der Waals surface area contributed by atoms with Crippen LogP contribution in [0.2, 0.25) is 0 Å². The quantitative estimate of drug-likeness (QED) is 0.865. The van der Waals surface area contributed by atoms with Gasteiger partial charge in [-0.3, -0.25) is 0 Å². The SMILES string of the molecule is Cc1cc(C#N)nc(N2CCC[C@H](CNS(C)(=O)=O)C2)n1. The van der Waals surface area contributed by atoms with Crippen LogP contribution in [0, 0.1) is 24.2 Å². The van der Waals surface area contributed by atoms with Crippen molar-refractivity contribution in [2.45, 2.75) is 19.8 Å². The molecule has 2 rings (SSSR count). The number of nitrogens with zero attached hydrogens (tertiary/aromatic N) is 4. The van der Waals surface area contributed by atoms with Gasteiger partial charge in [0.15, 0.2) is 0 Å². The summed E-state index contributed by atoms with van der Waals surface area (Å²) in [6, 6.07) is 3.68. The van der Waals surface area contributed by atoms with Crippen LogP contribution in [-0.2, 0) is 10.0 Å². The third kappa shape index (κ3) is 4.65. The summed E-state index contributed by atoms with van der Waals surface area (Å²) in [6.07, 6.45) is 3.09. The van der Waals surface area contributed by atoms with Crippen LogP contribution in [0.15, 0.2) is 6.07 Å². The summed E-state index contributed by atoms with van der Waals surface area (Å²) in [6.45, 7) is 3.77. The van der Waals surface area contributed by atoms with Crippen molar-refractivity contribution >= 4 is 16.0 Å². The Labute approximate surface area is 125 Å². The number of nitrogens with one attached hydrogen (secondary N) is 1. The number of nitriles is 1. The largest absolute Gasteiger partial charge is 0.340 e. The van der Waals surface area contributed by atoms with Gasteiger partial charge in [-0.25, -0.2) is 23.1 Å². The van der Waals surface area contributed by atoms with E-state index in [0.717, 1.165) is 31.3 Å². The van der Waals surface area contributed by atoms with E-state index in [4.69, 9.17) is 5.26 Å². The first-order valence-corrected chi connectivity index (χ1v) is 8.72. The molecule has 1 aromatic rings. The maximum atomic E-state index is 11.2. The smallest absolute Gasteiger partial charge is 0.226 e. The third-order valence-electron chi connectivity index (χ3n) is 3.39. The van der Waals surface area contributed by atoms with Crippen molar-refractivity contribution < 1.29 is 8.42 Å². The van der Waals surface area contributed by atoms with E-state index in [1.54, 1.807) is 6.07 Å². The van der Waals surface area contributed by atoms with E-state index in [1.807, 2.05) is 17.9 Å². The molecule has 1 aliphatic rings. The van der Waals surface area contributed by atoms with Gasteiger partial charge in [-0.05, 0) is 31.7 Å². The molecular formula is C13H19N5O2S. The summed E-state index contributed by atoms with van der Waals surface area (Å²) in [7, 11) is -3.17. The lowest BCUT2D eigenvalue weighted by molar-refractivity contribution is 0.407. The molecule has 1 atom stereocenters. The highest BCUT2D eigenvalue weighted by molar-refractivity contribution is 7.88. The van der Waals surface area contributed by atoms with Crippen molar-refractivity contribution in [2.24, 2.45) is 5.92 Å². The van der Waals surface area contributed by atoms with Gasteiger partial charge in [-0.1, -0.05) is 0 Å². The lowest BCUT2D eigenvalue weighted by atomic mass is 9.99. The standard InChI is InChI=1S/C13H19N5O2S/c1-10-6-12(7-14)17-13(16-10)18-5-3-4-11(9-18)8-15-21(2,19)20/h6,11,15H,3-5,8-9H2,1-2H3/t11-/m1/s1. The van der Waals surface area contributed by atoms with Gasteiger partial charge in [-0.15, -0.1) is 0 Å². The van der Waals surface area contributed by atoms with Crippen molar-refractivity contribution in [3.05, 3.63) is 17.5 Å². The molecule has 21 heavy (non-hydrogen) atoms. The van der Waals surface area contributed by atoms with Gasteiger partial charge in [0.05, 0.1) is 6.26 Å². The maximum Gasteiger partial charge on any atom is 0.226 e. The minimum Gasteiger partial charge on any atom is -0.340 e. The molecule has 0 bridgehead atoms. The second-order valence-electron chi connectivity index (χ2n) is 5.38. The highest BCUT2D eigenvalue weighted by Gasteiger charge is 2.23. The van der Waals surface area contributed by atoms with E-state index >= 15 is 0 Å². The first kappa shape index (κ1) is 15.7. The molecular weight excluding hydrogens is 290 g/mol. The normalized spacial score (nSPS) is 19.3. The van der Waals surface area contributed by atoms with E-state index in [-0.39, 0.29) is 5.92 Å². The zero-order chi connectivity index (χ0) is 15.5. The zero-order valence-corrected chi connectivity index (χ0v) is 13.0. The van der Waals surface area contributed by atoms with Crippen LogP contribution in [-0.4, -0.2) is 44.3 Å². The molecule has 0 spiro atoms. The molecule has 1 saturated heterocycles. The maximum absolute atomic E-state index is 11.2. The second-order valence-corrected chi connectivity index (χ2v) is 7.21. The minimum absolute atomic E-state index is 0.225. The van der Waals surface area contributed by atoms with Crippen LogP contribution in [0.4, 0.5) is 5.95 Å². The molecule has 0 amide bonds. The minimum atomic E-state index is -3.17. The third-order valence-corrected chi connectivity index (χ3v) is 4.08. The Kier molecular flexibility index (Phi) is 4.75. The highest BCUT2D eigenvalue weighted by Crippen LogP contribution is 2.20. The first-order chi connectivity index (χ1) is 9.87. The predicted octanol–water partition coefficient (Wildman–Crippen LogP) is 0.422. The topological polar surface area (TPSA) is 99.0 Å². The lowest BCUT2D eigenvalue weighted by Gasteiger charge is -2.32. The summed E-state index contributed by atoms with van der Waals surface area (Å²) < 4.78 is 24.9. The van der Waals surface area contributed by atoms with Gasteiger partial charge < -0.3 is 4.90 Å². The average Bonchev–Trinajstić information content (AvgIpc) is 2.44. The van der Waals surface area contributed by atoms with Crippen LogP contribution in [0.25, 0.3) is 0 Å². The Morgan fingerprint density at radius 3 is 2.95 bits per heavy atom. The Balaban J connectivity index is 2.07. The average molecular weight is 309 g/mol. The number of anilines is 1. The van der Waals surface area contributed by atoms with E-state index in [2.05, 4.69) is 14.7 Å². The molecule has 0 radical (unpaired) electrons. The van der Waals surface area contributed by atoms with E-state index in [0.29, 0.717) is 24.7 Å². The van der Waals surface area contributed by atoms with Crippen molar-refractivity contribution in [1.82, 2.24) is 14.7 Å². The fourth-order valence-electron chi connectivity index (χ4n) is 2.43. The highest BCUT2D eigenvalue weighted by atomic mass is 32.2. The van der Waals surface area contributed by atoms with E-state index in [9.17, 15) is 8.42 Å². The molecule has 2 heterocycles. The number of rotatable bonds is 4. The van der Waals surface area contributed by atoms with Crippen molar-refractivity contribution in [3.8, 4) is 6.07 Å². The van der Waals surface area contributed by atoms with Crippen LogP contribution in [0.1, 0.15) is 24.2 Å². The molecule has 0 aromatic carbocycles. The summed E-state index contributed by atoms with van der Waals surface area (Å²) in [5, 5.41) is 8.98. The number of aromatic nitrogens is 2. The Bertz CT molecular complexity index is 653. The molecule has 1 aliphatic heterocycles. The Hall–Kier alpha value is -1.72. The number of hydrogen-bond acceptors (Lipinski definition) is 6. The van der Waals surface area contributed by atoms with Gasteiger partial charge in [0.1, 0.15) is 11.8 Å².